The van der Waals surface area contributed by atoms with Crippen LogP contribution in [0.2, 0.25) is 0 Å². The third-order valence-electron chi connectivity index (χ3n) is 3.83. The van der Waals surface area contributed by atoms with E-state index >= 15 is 0 Å². The van der Waals surface area contributed by atoms with Crippen molar-refractivity contribution in [2.24, 2.45) is 5.41 Å². The lowest BCUT2D eigenvalue weighted by Gasteiger charge is -2.30. The molecule has 0 unspecified atom stereocenters. The molecule has 1 aromatic carbocycles. The molecular formula is C17H22Br2N2. The molecule has 0 radical (unpaired) electrons. The number of aromatic nitrogens is 2. The second-order valence-electron chi connectivity index (χ2n) is 5.70. The molecule has 0 amide bonds. The van der Waals surface area contributed by atoms with Gasteiger partial charge in [0, 0.05) is 22.9 Å². The zero-order chi connectivity index (χ0) is 15.3. The molecule has 0 aliphatic heterocycles. The highest BCUT2D eigenvalue weighted by atomic mass is 79.9. The van der Waals surface area contributed by atoms with Crippen LogP contribution in [-0.4, -0.2) is 20.4 Å². The van der Waals surface area contributed by atoms with Gasteiger partial charge in [-0.05, 0) is 43.7 Å². The van der Waals surface area contributed by atoms with E-state index in [9.17, 15) is 0 Å². The van der Waals surface area contributed by atoms with Crippen LogP contribution in [0.1, 0.15) is 23.9 Å². The van der Waals surface area contributed by atoms with Crippen LogP contribution in [0.4, 0.5) is 0 Å². The van der Waals surface area contributed by atoms with Crippen molar-refractivity contribution in [3.8, 4) is 0 Å². The summed E-state index contributed by atoms with van der Waals surface area (Å²) in [6.45, 7) is 5.14. The fourth-order valence-electron chi connectivity index (χ4n) is 2.72. The average molecular weight is 414 g/mol. The Morgan fingerprint density at radius 3 is 2.33 bits per heavy atom. The number of aryl methyl sites for hydroxylation is 2. The first-order valence-corrected chi connectivity index (χ1v) is 9.56. The molecule has 1 heterocycles. The number of halogens is 2. The highest BCUT2D eigenvalue weighted by molar-refractivity contribution is 9.09. The van der Waals surface area contributed by atoms with E-state index in [0.29, 0.717) is 0 Å². The monoisotopic (exact) mass is 412 g/mol. The summed E-state index contributed by atoms with van der Waals surface area (Å²) in [5, 5.41) is 6.51. The number of nitrogens with zero attached hydrogens (tertiary/aromatic N) is 2. The van der Waals surface area contributed by atoms with E-state index < -0.39 is 0 Å². The lowest BCUT2D eigenvalue weighted by atomic mass is 9.81. The van der Waals surface area contributed by atoms with Crippen molar-refractivity contribution < 1.29 is 0 Å². The van der Waals surface area contributed by atoms with E-state index in [0.717, 1.165) is 35.7 Å². The van der Waals surface area contributed by atoms with Gasteiger partial charge < -0.3 is 0 Å². The van der Waals surface area contributed by atoms with Gasteiger partial charge in [0.1, 0.15) is 0 Å². The maximum Gasteiger partial charge on any atom is 0.0596 e. The van der Waals surface area contributed by atoms with Gasteiger partial charge in [0.25, 0.3) is 0 Å². The molecule has 0 atom stereocenters. The Morgan fingerprint density at radius 2 is 1.76 bits per heavy atom. The first-order valence-electron chi connectivity index (χ1n) is 7.31. The zero-order valence-corrected chi connectivity index (χ0v) is 15.8. The molecule has 0 saturated heterocycles. The maximum absolute atomic E-state index is 4.57. The van der Waals surface area contributed by atoms with Gasteiger partial charge in [0.15, 0.2) is 0 Å². The van der Waals surface area contributed by atoms with E-state index in [4.69, 9.17) is 0 Å². The molecule has 0 spiro atoms. The molecule has 114 valence electrons. The van der Waals surface area contributed by atoms with Gasteiger partial charge in [-0.25, -0.2) is 0 Å². The lowest BCUT2D eigenvalue weighted by molar-refractivity contribution is 0.371. The van der Waals surface area contributed by atoms with E-state index in [-0.39, 0.29) is 5.41 Å². The van der Waals surface area contributed by atoms with E-state index in [1.807, 2.05) is 0 Å². The molecule has 0 N–H and O–H groups in total. The number of alkyl halides is 2. The van der Waals surface area contributed by atoms with Gasteiger partial charge in [0.05, 0.1) is 5.69 Å². The Morgan fingerprint density at radius 1 is 1.10 bits per heavy atom. The number of hydrogen-bond acceptors (Lipinski definition) is 1. The van der Waals surface area contributed by atoms with Crippen molar-refractivity contribution in [3.63, 3.8) is 0 Å². The summed E-state index contributed by atoms with van der Waals surface area (Å²) >= 11 is 7.48. The molecule has 2 rings (SSSR count). The number of hydrogen-bond donors (Lipinski definition) is 0. The number of benzene rings is 1. The van der Waals surface area contributed by atoms with Crippen LogP contribution in [0.25, 0.3) is 0 Å². The highest BCUT2D eigenvalue weighted by Crippen LogP contribution is 2.32. The van der Waals surface area contributed by atoms with Gasteiger partial charge >= 0.3 is 0 Å². The lowest BCUT2D eigenvalue weighted by Crippen LogP contribution is -2.31. The molecule has 0 fully saturated rings. The van der Waals surface area contributed by atoms with Crippen molar-refractivity contribution in [2.75, 3.05) is 10.7 Å². The summed E-state index contributed by atoms with van der Waals surface area (Å²) in [6, 6.07) is 12.9. The van der Waals surface area contributed by atoms with Crippen molar-refractivity contribution in [2.45, 2.75) is 33.2 Å². The third-order valence-corrected chi connectivity index (χ3v) is 6.21. The zero-order valence-electron chi connectivity index (χ0n) is 12.6. The topological polar surface area (TPSA) is 17.8 Å². The van der Waals surface area contributed by atoms with Gasteiger partial charge in [-0.3, -0.25) is 4.68 Å². The summed E-state index contributed by atoms with van der Waals surface area (Å²) in [4.78, 5) is 0. The van der Waals surface area contributed by atoms with Crippen LogP contribution in [0.15, 0.2) is 36.4 Å². The Labute approximate surface area is 144 Å². The van der Waals surface area contributed by atoms with Crippen molar-refractivity contribution >= 4 is 31.9 Å². The molecule has 2 nitrogen and oxygen atoms in total. The van der Waals surface area contributed by atoms with Crippen LogP contribution in [0, 0.1) is 12.3 Å². The molecular weight excluding hydrogens is 392 g/mol. The van der Waals surface area contributed by atoms with Crippen molar-refractivity contribution in [1.29, 1.82) is 0 Å². The molecule has 0 bridgehead atoms. The summed E-state index contributed by atoms with van der Waals surface area (Å²) in [6.07, 6.45) is 2.07. The fraction of sp³-hybridized carbons (Fsp3) is 0.471. The third kappa shape index (κ3) is 4.19. The predicted molar refractivity (Wildman–Crippen MR) is 96.5 cm³/mol. The summed E-state index contributed by atoms with van der Waals surface area (Å²) in [5.74, 6) is 0. The smallest absolute Gasteiger partial charge is 0.0596 e. The van der Waals surface area contributed by atoms with E-state index in [1.54, 1.807) is 0 Å². The van der Waals surface area contributed by atoms with E-state index in [2.05, 4.69) is 91.9 Å². The van der Waals surface area contributed by atoms with Gasteiger partial charge in [-0.15, -0.1) is 0 Å². The van der Waals surface area contributed by atoms with Crippen molar-refractivity contribution in [1.82, 2.24) is 9.78 Å². The second kappa shape index (κ2) is 7.59. The minimum absolute atomic E-state index is 0.167. The van der Waals surface area contributed by atoms with E-state index in [1.165, 1.54) is 11.3 Å². The standard InChI is InChI=1S/C17H22Br2N2/c1-3-21-16(9-14(2)20-21)11-17(12-18,13-19)10-15-7-5-4-6-8-15/h4-9H,3,10-13H2,1-2H3. The molecule has 4 heteroatoms. The fourth-order valence-corrected chi connectivity index (χ4v) is 4.44. The average Bonchev–Trinajstić information content (AvgIpc) is 2.87. The van der Waals surface area contributed by atoms with Crippen LogP contribution in [-0.2, 0) is 19.4 Å². The maximum atomic E-state index is 4.57. The molecule has 1 aromatic heterocycles. The molecule has 2 aromatic rings. The summed E-state index contributed by atoms with van der Waals surface area (Å²) < 4.78 is 2.13. The largest absolute Gasteiger partial charge is 0.270 e. The van der Waals surface area contributed by atoms with Crippen LogP contribution < -0.4 is 0 Å². The molecule has 0 saturated carbocycles. The minimum Gasteiger partial charge on any atom is -0.270 e. The first kappa shape index (κ1) is 16.8. The van der Waals surface area contributed by atoms with Crippen LogP contribution in [0.5, 0.6) is 0 Å². The first-order chi connectivity index (χ1) is 10.1. The van der Waals surface area contributed by atoms with Crippen LogP contribution >= 0.6 is 31.9 Å². The minimum atomic E-state index is 0.167. The Kier molecular flexibility index (Phi) is 6.06. The van der Waals surface area contributed by atoms with Gasteiger partial charge in [0.2, 0.25) is 0 Å². The van der Waals surface area contributed by atoms with Gasteiger partial charge in [-0.1, -0.05) is 62.2 Å². The normalized spacial score (nSPS) is 11.8. The predicted octanol–water partition coefficient (Wildman–Crippen LogP) is 4.77. The highest BCUT2D eigenvalue weighted by Gasteiger charge is 2.30. The second-order valence-corrected chi connectivity index (χ2v) is 6.82. The summed E-state index contributed by atoms with van der Waals surface area (Å²) in [7, 11) is 0. The van der Waals surface area contributed by atoms with Crippen LogP contribution in [0.3, 0.4) is 0 Å². The van der Waals surface area contributed by atoms with Crippen molar-refractivity contribution in [3.05, 3.63) is 53.3 Å². The Bertz CT molecular complexity index is 559. The molecule has 21 heavy (non-hydrogen) atoms. The summed E-state index contributed by atoms with van der Waals surface area (Å²) in [5.41, 5.74) is 3.98. The molecule has 0 aliphatic carbocycles. The quantitative estimate of drug-likeness (QED) is 0.597. The Balaban J connectivity index is 2.25. The SMILES string of the molecule is CCn1nc(C)cc1CC(CBr)(CBr)Cc1ccccc1. The Hall–Kier alpha value is -0.610. The number of rotatable bonds is 7. The molecule has 0 aliphatic rings. The van der Waals surface area contributed by atoms with Gasteiger partial charge in [-0.2, -0.15) is 5.10 Å².